The summed E-state index contributed by atoms with van der Waals surface area (Å²) in [4.78, 5) is 7.19. The van der Waals surface area contributed by atoms with Gasteiger partial charge in [-0.15, -0.1) is 0 Å². The Labute approximate surface area is 123 Å². The molecule has 2 unspecified atom stereocenters. The summed E-state index contributed by atoms with van der Waals surface area (Å²) in [6.45, 7) is 14.4. The molecule has 1 N–H and O–H groups in total. The highest BCUT2D eigenvalue weighted by molar-refractivity contribution is 5.49. The van der Waals surface area contributed by atoms with Gasteiger partial charge in [0.25, 0.3) is 0 Å². The molecular weight excluding hydrogens is 246 g/mol. The highest BCUT2D eigenvalue weighted by atomic mass is 15.2. The Morgan fingerprint density at radius 2 is 2.15 bits per heavy atom. The van der Waals surface area contributed by atoms with E-state index in [0.29, 0.717) is 12.0 Å². The van der Waals surface area contributed by atoms with Crippen LogP contribution in [0.25, 0.3) is 0 Å². The summed E-state index contributed by atoms with van der Waals surface area (Å²) in [7, 11) is 0. The predicted molar refractivity (Wildman–Crippen MR) is 86.1 cm³/mol. The van der Waals surface area contributed by atoms with E-state index >= 15 is 0 Å². The van der Waals surface area contributed by atoms with E-state index in [4.69, 9.17) is 4.98 Å². The van der Waals surface area contributed by atoms with E-state index in [1.54, 1.807) is 0 Å². The van der Waals surface area contributed by atoms with Gasteiger partial charge in [-0.25, -0.2) is 4.98 Å². The molecule has 1 aliphatic heterocycles. The summed E-state index contributed by atoms with van der Waals surface area (Å²) in [6.07, 6.45) is 3.31. The maximum absolute atomic E-state index is 4.73. The maximum atomic E-state index is 4.73. The van der Waals surface area contributed by atoms with Crippen molar-refractivity contribution in [2.45, 2.75) is 53.6 Å². The van der Waals surface area contributed by atoms with E-state index in [2.05, 4.69) is 50.9 Å². The third-order valence-electron chi connectivity index (χ3n) is 4.04. The summed E-state index contributed by atoms with van der Waals surface area (Å²) in [5.74, 6) is 2.64. The Kier molecular flexibility index (Phi) is 5.03. The van der Waals surface area contributed by atoms with Crippen LogP contribution in [0.15, 0.2) is 12.3 Å². The summed E-state index contributed by atoms with van der Waals surface area (Å²) in [5, 5.41) is 3.48. The lowest BCUT2D eigenvalue weighted by Crippen LogP contribution is -2.28. The molecule has 20 heavy (non-hydrogen) atoms. The van der Waals surface area contributed by atoms with Crippen LogP contribution in [-0.4, -0.2) is 24.1 Å². The molecule has 1 aliphatic rings. The summed E-state index contributed by atoms with van der Waals surface area (Å²) < 4.78 is 0. The first-order valence-electron chi connectivity index (χ1n) is 7.90. The first-order valence-corrected chi connectivity index (χ1v) is 7.90. The zero-order chi connectivity index (χ0) is 14.7. The van der Waals surface area contributed by atoms with Crippen molar-refractivity contribution in [1.29, 1.82) is 0 Å². The number of pyridine rings is 1. The molecule has 3 nitrogen and oxygen atoms in total. The molecule has 0 amide bonds. The summed E-state index contributed by atoms with van der Waals surface area (Å²) >= 11 is 0. The fourth-order valence-electron chi connectivity index (χ4n) is 3.12. The summed E-state index contributed by atoms with van der Waals surface area (Å²) in [6, 6.07) is 2.90. The lowest BCUT2D eigenvalue weighted by molar-refractivity contribution is 0.551. The second-order valence-corrected chi connectivity index (χ2v) is 6.85. The molecule has 1 fully saturated rings. The zero-order valence-electron chi connectivity index (χ0n) is 13.6. The number of nitrogens with one attached hydrogen (secondary N) is 1. The molecule has 0 saturated carbocycles. The molecule has 0 aromatic carbocycles. The van der Waals surface area contributed by atoms with Gasteiger partial charge in [0, 0.05) is 25.3 Å². The number of hydrogen-bond donors (Lipinski definition) is 1. The topological polar surface area (TPSA) is 28.2 Å². The van der Waals surface area contributed by atoms with Crippen LogP contribution in [0.4, 0.5) is 5.82 Å². The van der Waals surface area contributed by atoms with Crippen molar-refractivity contribution in [3.05, 3.63) is 23.4 Å². The van der Waals surface area contributed by atoms with Gasteiger partial charge < -0.3 is 10.2 Å². The van der Waals surface area contributed by atoms with Gasteiger partial charge in [0.2, 0.25) is 0 Å². The van der Waals surface area contributed by atoms with Crippen LogP contribution in [0.3, 0.4) is 0 Å². The normalized spacial score (nSPS) is 22.8. The SMILES string of the molecule is Cc1cc(CNCC(C)C)cnc1N1CC(C)CC1C. The molecule has 2 atom stereocenters. The molecule has 1 saturated heterocycles. The van der Waals surface area contributed by atoms with Crippen molar-refractivity contribution in [3.8, 4) is 0 Å². The Balaban J connectivity index is 2.02. The number of anilines is 1. The van der Waals surface area contributed by atoms with Crippen LogP contribution in [-0.2, 0) is 6.54 Å². The van der Waals surface area contributed by atoms with Crippen LogP contribution >= 0.6 is 0 Å². The monoisotopic (exact) mass is 275 g/mol. The Bertz CT molecular complexity index is 442. The Morgan fingerprint density at radius 3 is 2.70 bits per heavy atom. The predicted octanol–water partition coefficient (Wildman–Crippen LogP) is 3.37. The van der Waals surface area contributed by atoms with Crippen molar-refractivity contribution < 1.29 is 0 Å². The first-order chi connectivity index (χ1) is 9.47. The minimum absolute atomic E-state index is 0.612. The van der Waals surface area contributed by atoms with Gasteiger partial charge in [-0.05, 0) is 55.8 Å². The standard InChI is InChI=1S/C17H29N3/c1-12(2)8-18-9-16-7-14(4)17(19-10-16)20-11-13(3)6-15(20)5/h7,10,12-13,15,18H,6,8-9,11H2,1-5H3. The molecule has 3 heteroatoms. The molecule has 1 aromatic rings. The fourth-order valence-corrected chi connectivity index (χ4v) is 3.12. The molecule has 112 valence electrons. The third-order valence-corrected chi connectivity index (χ3v) is 4.04. The minimum Gasteiger partial charge on any atom is -0.353 e. The molecular formula is C17H29N3. The maximum Gasteiger partial charge on any atom is 0.131 e. The first kappa shape index (κ1) is 15.3. The molecule has 0 spiro atoms. The average molecular weight is 275 g/mol. The van der Waals surface area contributed by atoms with Gasteiger partial charge in [0.05, 0.1) is 0 Å². The zero-order valence-corrected chi connectivity index (χ0v) is 13.6. The second kappa shape index (κ2) is 6.57. The van der Waals surface area contributed by atoms with Crippen LogP contribution in [0.1, 0.15) is 45.2 Å². The fraction of sp³-hybridized carbons (Fsp3) is 0.706. The Hall–Kier alpha value is -1.09. The number of nitrogens with zero attached hydrogens (tertiary/aromatic N) is 2. The third kappa shape index (κ3) is 3.72. The van der Waals surface area contributed by atoms with Gasteiger partial charge in [0.1, 0.15) is 5.82 Å². The highest BCUT2D eigenvalue weighted by Crippen LogP contribution is 2.29. The van der Waals surface area contributed by atoms with Crippen molar-refractivity contribution in [2.24, 2.45) is 11.8 Å². The van der Waals surface area contributed by atoms with Crippen molar-refractivity contribution >= 4 is 5.82 Å². The van der Waals surface area contributed by atoms with Crippen LogP contribution < -0.4 is 10.2 Å². The molecule has 2 heterocycles. The van der Waals surface area contributed by atoms with E-state index in [-0.39, 0.29) is 0 Å². The summed E-state index contributed by atoms with van der Waals surface area (Å²) in [5.41, 5.74) is 2.58. The molecule has 0 bridgehead atoms. The van der Waals surface area contributed by atoms with Crippen molar-refractivity contribution in [2.75, 3.05) is 18.0 Å². The minimum atomic E-state index is 0.612. The smallest absolute Gasteiger partial charge is 0.131 e. The number of aromatic nitrogens is 1. The largest absolute Gasteiger partial charge is 0.353 e. The molecule has 0 aliphatic carbocycles. The van der Waals surface area contributed by atoms with E-state index in [1.807, 2.05) is 6.20 Å². The average Bonchev–Trinajstić information content (AvgIpc) is 2.68. The van der Waals surface area contributed by atoms with Crippen LogP contribution in [0, 0.1) is 18.8 Å². The molecule has 1 aromatic heterocycles. The van der Waals surface area contributed by atoms with Gasteiger partial charge in [-0.3, -0.25) is 0 Å². The molecule has 0 radical (unpaired) electrons. The van der Waals surface area contributed by atoms with Crippen molar-refractivity contribution in [1.82, 2.24) is 10.3 Å². The number of hydrogen-bond acceptors (Lipinski definition) is 3. The van der Waals surface area contributed by atoms with Gasteiger partial charge >= 0.3 is 0 Å². The Morgan fingerprint density at radius 1 is 1.40 bits per heavy atom. The quantitative estimate of drug-likeness (QED) is 0.893. The van der Waals surface area contributed by atoms with Gasteiger partial charge in [0.15, 0.2) is 0 Å². The highest BCUT2D eigenvalue weighted by Gasteiger charge is 2.27. The van der Waals surface area contributed by atoms with E-state index in [1.165, 1.54) is 23.4 Å². The van der Waals surface area contributed by atoms with Crippen LogP contribution in [0.5, 0.6) is 0 Å². The van der Waals surface area contributed by atoms with E-state index < -0.39 is 0 Å². The van der Waals surface area contributed by atoms with E-state index in [9.17, 15) is 0 Å². The number of rotatable bonds is 5. The molecule has 2 rings (SSSR count). The lowest BCUT2D eigenvalue weighted by atomic mass is 10.1. The van der Waals surface area contributed by atoms with E-state index in [0.717, 1.165) is 25.6 Å². The van der Waals surface area contributed by atoms with Gasteiger partial charge in [-0.1, -0.05) is 20.8 Å². The van der Waals surface area contributed by atoms with Crippen LogP contribution in [0.2, 0.25) is 0 Å². The van der Waals surface area contributed by atoms with Gasteiger partial charge in [-0.2, -0.15) is 0 Å². The van der Waals surface area contributed by atoms with Crippen molar-refractivity contribution in [3.63, 3.8) is 0 Å². The second-order valence-electron chi connectivity index (χ2n) is 6.85. The lowest BCUT2D eigenvalue weighted by Gasteiger charge is -2.24. The number of aryl methyl sites for hydroxylation is 1.